The Morgan fingerprint density at radius 1 is 1.43 bits per heavy atom. The smallest absolute Gasteiger partial charge is 0.191 e. The first-order chi connectivity index (χ1) is 10.7. The second kappa shape index (κ2) is 9.08. The number of guanidine groups is 1. The summed E-state index contributed by atoms with van der Waals surface area (Å²) in [5, 5.41) is 6.57. The Balaban J connectivity index is 2.46. The van der Waals surface area contributed by atoms with Crippen LogP contribution in [0.4, 0.5) is 4.39 Å². The molecule has 0 aromatic heterocycles. The molecule has 0 aliphatic heterocycles. The van der Waals surface area contributed by atoms with E-state index in [1.54, 1.807) is 19.2 Å². The van der Waals surface area contributed by atoms with Crippen LogP contribution in [-0.2, 0) is 16.3 Å². The Bertz CT molecular complexity index is 630. The standard InChI is InChI=1S/C15H23ClFN3O2S/c1-11(8-10-23(3,21)22)20-15(18-2)19-9-7-12-13(16)5-4-6-14(12)17/h4-6,11H,7-10H2,1-3H3,(H2,18,19,20). The molecule has 0 saturated heterocycles. The highest BCUT2D eigenvalue weighted by atomic mass is 35.5. The lowest BCUT2D eigenvalue weighted by atomic mass is 10.1. The van der Waals surface area contributed by atoms with Crippen LogP contribution in [0.2, 0.25) is 5.02 Å². The molecule has 1 unspecified atom stereocenters. The SMILES string of the molecule is CN=C(NCCc1c(F)cccc1Cl)NC(C)CCS(C)(=O)=O. The number of halogens is 2. The van der Waals surface area contributed by atoms with Gasteiger partial charge in [-0.1, -0.05) is 17.7 Å². The molecule has 0 bridgehead atoms. The molecule has 1 rings (SSSR count). The fourth-order valence-corrected chi connectivity index (χ4v) is 3.01. The van der Waals surface area contributed by atoms with Crippen LogP contribution in [0.15, 0.2) is 23.2 Å². The summed E-state index contributed by atoms with van der Waals surface area (Å²) in [4.78, 5) is 4.07. The minimum absolute atomic E-state index is 0.0482. The minimum Gasteiger partial charge on any atom is -0.356 e. The van der Waals surface area contributed by atoms with Crippen LogP contribution < -0.4 is 10.6 Å². The quantitative estimate of drug-likeness (QED) is 0.574. The first-order valence-electron chi connectivity index (χ1n) is 7.30. The fourth-order valence-electron chi connectivity index (χ4n) is 1.97. The predicted molar refractivity (Wildman–Crippen MR) is 93.4 cm³/mol. The van der Waals surface area contributed by atoms with Crippen LogP contribution in [-0.4, -0.2) is 46.0 Å². The van der Waals surface area contributed by atoms with E-state index >= 15 is 0 Å². The van der Waals surface area contributed by atoms with Crippen LogP contribution in [0.5, 0.6) is 0 Å². The average Bonchev–Trinajstić information content (AvgIpc) is 2.46. The maximum absolute atomic E-state index is 13.7. The van der Waals surface area contributed by atoms with Crippen molar-refractivity contribution in [2.75, 3.05) is 25.6 Å². The molecular formula is C15H23ClFN3O2S. The third kappa shape index (κ3) is 7.65. The van der Waals surface area contributed by atoms with Gasteiger partial charge in [-0.15, -0.1) is 0 Å². The molecule has 23 heavy (non-hydrogen) atoms. The fraction of sp³-hybridized carbons (Fsp3) is 0.533. The predicted octanol–water partition coefficient (Wildman–Crippen LogP) is 2.01. The Labute approximate surface area is 142 Å². The highest BCUT2D eigenvalue weighted by Gasteiger charge is 2.10. The van der Waals surface area contributed by atoms with Crippen molar-refractivity contribution in [1.82, 2.24) is 10.6 Å². The molecule has 0 radical (unpaired) electrons. The van der Waals surface area contributed by atoms with E-state index in [4.69, 9.17) is 11.6 Å². The lowest BCUT2D eigenvalue weighted by Crippen LogP contribution is -2.43. The third-order valence-electron chi connectivity index (χ3n) is 3.26. The molecule has 1 atom stereocenters. The van der Waals surface area contributed by atoms with Crippen molar-refractivity contribution in [2.45, 2.75) is 25.8 Å². The number of aliphatic imine (C=N–C) groups is 1. The van der Waals surface area contributed by atoms with Gasteiger partial charge in [-0.25, -0.2) is 12.8 Å². The van der Waals surface area contributed by atoms with E-state index in [-0.39, 0.29) is 17.6 Å². The van der Waals surface area contributed by atoms with E-state index in [0.29, 0.717) is 35.9 Å². The molecule has 0 aliphatic carbocycles. The van der Waals surface area contributed by atoms with Gasteiger partial charge in [0, 0.05) is 36.5 Å². The lowest BCUT2D eigenvalue weighted by molar-refractivity contribution is 0.580. The van der Waals surface area contributed by atoms with E-state index in [1.807, 2.05) is 6.92 Å². The largest absolute Gasteiger partial charge is 0.356 e. The molecule has 0 amide bonds. The van der Waals surface area contributed by atoms with Gasteiger partial charge in [-0.3, -0.25) is 4.99 Å². The van der Waals surface area contributed by atoms with Gasteiger partial charge < -0.3 is 10.6 Å². The maximum atomic E-state index is 13.7. The zero-order valence-electron chi connectivity index (χ0n) is 13.6. The monoisotopic (exact) mass is 363 g/mol. The Morgan fingerprint density at radius 2 is 2.13 bits per heavy atom. The molecule has 0 aliphatic rings. The van der Waals surface area contributed by atoms with E-state index in [1.165, 1.54) is 12.3 Å². The minimum atomic E-state index is -2.98. The number of hydrogen-bond acceptors (Lipinski definition) is 3. The summed E-state index contributed by atoms with van der Waals surface area (Å²) < 4.78 is 36.0. The van der Waals surface area contributed by atoms with E-state index in [9.17, 15) is 12.8 Å². The number of benzene rings is 1. The normalized spacial score (nSPS) is 13.7. The van der Waals surface area contributed by atoms with Crippen LogP contribution in [0.1, 0.15) is 18.9 Å². The van der Waals surface area contributed by atoms with E-state index < -0.39 is 9.84 Å². The summed E-state index contributed by atoms with van der Waals surface area (Å²) in [5.41, 5.74) is 0.460. The van der Waals surface area contributed by atoms with Gasteiger partial charge >= 0.3 is 0 Å². The molecule has 0 saturated carbocycles. The number of sulfone groups is 1. The van der Waals surface area contributed by atoms with Crippen LogP contribution >= 0.6 is 11.6 Å². The molecule has 2 N–H and O–H groups in total. The summed E-state index contributed by atoms with van der Waals surface area (Å²) >= 11 is 5.98. The van der Waals surface area contributed by atoms with Gasteiger partial charge in [-0.2, -0.15) is 0 Å². The van der Waals surface area contributed by atoms with Crippen molar-refractivity contribution < 1.29 is 12.8 Å². The molecule has 8 heteroatoms. The average molecular weight is 364 g/mol. The summed E-state index contributed by atoms with van der Waals surface area (Å²) in [6.45, 7) is 2.34. The van der Waals surface area contributed by atoms with Crippen molar-refractivity contribution in [3.05, 3.63) is 34.6 Å². The Morgan fingerprint density at radius 3 is 2.70 bits per heavy atom. The highest BCUT2D eigenvalue weighted by molar-refractivity contribution is 7.90. The van der Waals surface area contributed by atoms with Gasteiger partial charge in [0.15, 0.2) is 5.96 Å². The van der Waals surface area contributed by atoms with E-state index in [2.05, 4.69) is 15.6 Å². The first-order valence-corrected chi connectivity index (χ1v) is 9.74. The summed E-state index contributed by atoms with van der Waals surface area (Å²) in [5.74, 6) is 0.324. The topological polar surface area (TPSA) is 70.6 Å². The van der Waals surface area contributed by atoms with Gasteiger partial charge in [0.2, 0.25) is 0 Å². The second-order valence-electron chi connectivity index (χ2n) is 5.41. The maximum Gasteiger partial charge on any atom is 0.191 e. The zero-order valence-corrected chi connectivity index (χ0v) is 15.1. The highest BCUT2D eigenvalue weighted by Crippen LogP contribution is 2.18. The van der Waals surface area contributed by atoms with Crippen molar-refractivity contribution in [2.24, 2.45) is 4.99 Å². The second-order valence-corrected chi connectivity index (χ2v) is 8.08. The van der Waals surface area contributed by atoms with Gasteiger partial charge in [-0.05, 0) is 31.9 Å². The Hall–Kier alpha value is -1.34. The number of rotatable bonds is 7. The molecule has 0 heterocycles. The molecule has 0 spiro atoms. The Kier molecular flexibility index (Phi) is 7.78. The molecule has 1 aromatic carbocycles. The van der Waals surface area contributed by atoms with E-state index in [0.717, 1.165) is 0 Å². The van der Waals surface area contributed by atoms with Crippen molar-refractivity contribution in [1.29, 1.82) is 0 Å². The lowest BCUT2D eigenvalue weighted by Gasteiger charge is -2.17. The van der Waals surface area contributed by atoms with Gasteiger partial charge in [0.05, 0.1) is 5.75 Å². The third-order valence-corrected chi connectivity index (χ3v) is 4.59. The molecule has 130 valence electrons. The number of nitrogens with zero attached hydrogens (tertiary/aromatic N) is 1. The number of hydrogen-bond donors (Lipinski definition) is 2. The first kappa shape index (κ1) is 19.7. The summed E-state index contributed by atoms with van der Waals surface area (Å²) in [6, 6.07) is 4.55. The van der Waals surface area contributed by atoms with Crippen LogP contribution in [0.25, 0.3) is 0 Å². The molecule has 0 fully saturated rings. The van der Waals surface area contributed by atoms with Crippen LogP contribution in [0.3, 0.4) is 0 Å². The van der Waals surface area contributed by atoms with Gasteiger partial charge in [0.25, 0.3) is 0 Å². The number of nitrogens with one attached hydrogen (secondary N) is 2. The molecular weight excluding hydrogens is 341 g/mol. The summed E-state index contributed by atoms with van der Waals surface area (Å²) in [7, 11) is -1.36. The van der Waals surface area contributed by atoms with Crippen molar-refractivity contribution in [3.8, 4) is 0 Å². The molecule has 5 nitrogen and oxygen atoms in total. The van der Waals surface area contributed by atoms with Gasteiger partial charge in [0.1, 0.15) is 15.7 Å². The van der Waals surface area contributed by atoms with Crippen molar-refractivity contribution >= 4 is 27.4 Å². The van der Waals surface area contributed by atoms with Crippen LogP contribution in [0, 0.1) is 5.82 Å². The molecule has 1 aromatic rings. The zero-order chi connectivity index (χ0) is 17.5. The van der Waals surface area contributed by atoms with Crippen molar-refractivity contribution in [3.63, 3.8) is 0 Å². The summed E-state index contributed by atoms with van der Waals surface area (Å²) in [6.07, 6.45) is 2.12.